The summed E-state index contributed by atoms with van der Waals surface area (Å²) in [7, 11) is 0. The second-order valence-corrected chi connectivity index (χ2v) is 4.43. The van der Waals surface area contributed by atoms with Gasteiger partial charge in [-0.3, -0.25) is 4.98 Å². The molecule has 0 fully saturated rings. The lowest BCUT2D eigenvalue weighted by Gasteiger charge is -2.05. The van der Waals surface area contributed by atoms with E-state index in [9.17, 15) is 0 Å². The van der Waals surface area contributed by atoms with Gasteiger partial charge in [-0.2, -0.15) is 0 Å². The maximum atomic E-state index is 3.74. The van der Waals surface area contributed by atoms with Gasteiger partial charge in [-0.05, 0) is 5.41 Å². The fourth-order valence-electron chi connectivity index (χ4n) is 0.176. The molecule has 0 saturated carbocycles. The van der Waals surface area contributed by atoms with Crippen LogP contribution in [0.1, 0.15) is 27.7 Å². The van der Waals surface area contributed by atoms with Crippen LogP contribution in [0.15, 0.2) is 17.1 Å². The van der Waals surface area contributed by atoms with E-state index >= 15 is 0 Å². The molecule has 0 bridgehead atoms. The maximum absolute atomic E-state index is 3.74. The van der Waals surface area contributed by atoms with Crippen LogP contribution >= 0.6 is 11.3 Å². The zero-order chi connectivity index (χ0) is 8.04. The lowest BCUT2D eigenvalue weighted by Crippen LogP contribution is -1.93. The molecule has 0 spiro atoms. The highest BCUT2D eigenvalue weighted by Gasteiger charge is 1.95. The zero-order valence-corrected chi connectivity index (χ0v) is 7.90. The van der Waals surface area contributed by atoms with E-state index in [1.54, 1.807) is 23.0 Å². The van der Waals surface area contributed by atoms with Crippen molar-refractivity contribution < 1.29 is 0 Å². The van der Waals surface area contributed by atoms with E-state index in [4.69, 9.17) is 0 Å². The smallest absolute Gasteiger partial charge is 0.0791 e. The molecule has 58 valence electrons. The number of thiazole rings is 1. The molecule has 1 nitrogen and oxygen atoms in total. The molecule has 1 rings (SSSR count). The van der Waals surface area contributed by atoms with Gasteiger partial charge >= 0.3 is 0 Å². The Morgan fingerprint density at radius 3 is 1.80 bits per heavy atom. The number of rotatable bonds is 0. The van der Waals surface area contributed by atoms with Gasteiger partial charge in [-0.1, -0.05) is 27.7 Å². The van der Waals surface area contributed by atoms with Crippen LogP contribution in [0, 0.1) is 5.41 Å². The fourth-order valence-corrected chi connectivity index (χ4v) is 0.527. The summed E-state index contributed by atoms with van der Waals surface area (Å²) in [6.07, 6.45) is 1.77. The van der Waals surface area contributed by atoms with Gasteiger partial charge in [0.25, 0.3) is 0 Å². The van der Waals surface area contributed by atoms with Gasteiger partial charge < -0.3 is 0 Å². The van der Waals surface area contributed by atoms with Gasteiger partial charge in [0.2, 0.25) is 0 Å². The highest BCUT2D eigenvalue weighted by Crippen LogP contribution is 2.08. The van der Waals surface area contributed by atoms with Crippen molar-refractivity contribution in [3.63, 3.8) is 0 Å². The molecule has 0 radical (unpaired) electrons. The Bertz CT molecular complexity index is 116. The lowest BCUT2D eigenvalue weighted by atomic mass is 10.0. The van der Waals surface area contributed by atoms with Crippen LogP contribution in [-0.2, 0) is 0 Å². The summed E-state index contributed by atoms with van der Waals surface area (Å²) in [5, 5.41) is 1.93. The molecule has 0 amide bonds. The van der Waals surface area contributed by atoms with Gasteiger partial charge in [0.05, 0.1) is 5.51 Å². The number of hydrogen-bond acceptors (Lipinski definition) is 2. The summed E-state index contributed by atoms with van der Waals surface area (Å²) in [6.45, 7) is 8.75. The lowest BCUT2D eigenvalue weighted by molar-refractivity contribution is 0.469. The van der Waals surface area contributed by atoms with Gasteiger partial charge in [-0.25, -0.2) is 0 Å². The van der Waals surface area contributed by atoms with Crippen LogP contribution in [0.3, 0.4) is 0 Å². The molecular formula is C8H15NS. The molecule has 0 unspecified atom stereocenters. The van der Waals surface area contributed by atoms with E-state index in [0.717, 1.165) is 0 Å². The Morgan fingerprint density at radius 1 is 1.20 bits per heavy atom. The quantitative estimate of drug-likeness (QED) is 0.563. The zero-order valence-electron chi connectivity index (χ0n) is 7.09. The van der Waals surface area contributed by atoms with Crippen molar-refractivity contribution in [3.05, 3.63) is 17.1 Å². The van der Waals surface area contributed by atoms with Crippen LogP contribution in [0.2, 0.25) is 0 Å². The molecule has 0 aliphatic heterocycles. The summed E-state index contributed by atoms with van der Waals surface area (Å²) in [5.74, 6) is 0. The van der Waals surface area contributed by atoms with E-state index in [0.29, 0.717) is 5.41 Å². The third kappa shape index (κ3) is 15.6. The second-order valence-electron chi connectivity index (χ2n) is 3.68. The molecule has 0 N–H and O–H groups in total. The van der Waals surface area contributed by atoms with Gasteiger partial charge in [0.1, 0.15) is 0 Å². The average molecular weight is 157 g/mol. The van der Waals surface area contributed by atoms with Crippen molar-refractivity contribution in [2.45, 2.75) is 27.7 Å². The third-order valence-electron chi connectivity index (χ3n) is 0.347. The van der Waals surface area contributed by atoms with Crippen molar-refractivity contribution in [1.82, 2.24) is 4.98 Å². The monoisotopic (exact) mass is 157 g/mol. The molecule has 0 atom stereocenters. The molecule has 2 heteroatoms. The summed E-state index contributed by atoms with van der Waals surface area (Å²) < 4.78 is 0. The minimum Gasteiger partial charge on any atom is -0.253 e. The van der Waals surface area contributed by atoms with Crippen LogP contribution in [0.25, 0.3) is 0 Å². The largest absolute Gasteiger partial charge is 0.253 e. The summed E-state index contributed by atoms with van der Waals surface area (Å²) in [5.41, 5.74) is 2.29. The summed E-state index contributed by atoms with van der Waals surface area (Å²) in [4.78, 5) is 3.74. The first-order chi connectivity index (χ1) is 4.50. The van der Waals surface area contributed by atoms with E-state index in [1.807, 2.05) is 5.38 Å². The standard InChI is InChI=1S/C5H12.C3H3NS/c1-5(2,3)4;1-2-5-3-4-1/h1-4H3;1-3H. The molecule has 0 aliphatic carbocycles. The van der Waals surface area contributed by atoms with Crippen molar-refractivity contribution in [3.8, 4) is 0 Å². The Hall–Kier alpha value is -0.370. The second kappa shape index (κ2) is 4.45. The van der Waals surface area contributed by atoms with Gasteiger partial charge in [0, 0.05) is 11.6 Å². The highest BCUT2D eigenvalue weighted by molar-refractivity contribution is 7.07. The SMILES string of the molecule is CC(C)(C)C.c1cscn1. The van der Waals surface area contributed by atoms with Crippen molar-refractivity contribution in [2.24, 2.45) is 5.41 Å². The van der Waals surface area contributed by atoms with E-state index in [2.05, 4.69) is 32.7 Å². The average Bonchev–Trinajstić information content (AvgIpc) is 2.07. The van der Waals surface area contributed by atoms with E-state index in [-0.39, 0.29) is 0 Å². The first-order valence-corrected chi connectivity index (χ1v) is 4.26. The Kier molecular flexibility index (Phi) is 4.28. The molecule has 1 aromatic heterocycles. The Labute approximate surface area is 67.1 Å². The first kappa shape index (κ1) is 9.63. The minimum absolute atomic E-state index is 0.500. The topological polar surface area (TPSA) is 12.9 Å². The van der Waals surface area contributed by atoms with Crippen molar-refractivity contribution in [2.75, 3.05) is 0 Å². The van der Waals surface area contributed by atoms with E-state index in [1.165, 1.54) is 0 Å². The Balaban J connectivity index is 0.000000162. The molecule has 1 heterocycles. The first-order valence-electron chi connectivity index (χ1n) is 3.32. The molecular weight excluding hydrogens is 142 g/mol. The maximum Gasteiger partial charge on any atom is 0.0791 e. The van der Waals surface area contributed by atoms with Crippen LogP contribution in [0.4, 0.5) is 0 Å². The highest BCUT2D eigenvalue weighted by atomic mass is 32.1. The molecule has 0 aromatic carbocycles. The predicted molar refractivity (Wildman–Crippen MR) is 47.2 cm³/mol. The molecule has 0 saturated heterocycles. The minimum atomic E-state index is 0.500. The number of aromatic nitrogens is 1. The van der Waals surface area contributed by atoms with Crippen molar-refractivity contribution >= 4 is 11.3 Å². The van der Waals surface area contributed by atoms with Crippen LogP contribution in [0.5, 0.6) is 0 Å². The van der Waals surface area contributed by atoms with Crippen LogP contribution in [-0.4, -0.2) is 4.98 Å². The van der Waals surface area contributed by atoms with Gasteiger partial charge in [0.15, 0.2) is 0 Å². The summed E-state index contributed by atoms with van der Waals surface area (Å²) in [6, 6.07) is 0. The molecule has 1 aromatic rings. The number of nitrogens with zero attached hydrogens (tertiary/aromatic N) is 1. The number of hydrogen-bond donors (Lipinski definition) is 0. The predicted octanol–water partition coefficient (Wildman–Crippen LogP) is 3.20. The van der Waals surface area contributed by atoms with Crippen molar-refractivity contribution in [1.29, 1.82) is 0 Å². The molecule has 0 aliphatic rings. The third-order valence-corrected chi connectivity index (χ3v) is 0.869. The Morgan fingerprint density at radius 2 is 1.70 bits per heavy atom. The fraction of sp³-hybridized carbons (Fsp3) is 0.625. The van der Waals surface area contributed by atoms with Crippen LogP contribution < -0.4 is 0 Å². The molecule has 10 heavy (non-hydrogen) atoms. The normalized spacial score (nSPS) is 10.0. The summed E-state index contributed by atoms with van der Waals surface area (Å²) >= 11 is 1.60. The van der Waals surface area contributed by atoms with Gasteiger partial charge in [-0.15, -0.1) is 11.3 Å². The van der Waals surface area contributed by atoms with E-state index < -0.39 is 0 Å².